The minimum Gasteiger partial charge on any atom is -0.323 e. The molecule has 5 heteroatoms. The molecule has 0 bridgehead atoms. The fourth-order valence-electron chi connectivity index (χ4n) is 1.67. The molecule has 2 rings (SSSR count). The van der Waals surface area contributed by atoms with Crippen molar-refractivity contribution in [3.05, 3.63) is 40.4 Å². The highest BCUT2D eigenvalue weighted by Gasteiger charge is 2.11. The van der Waals surface area contributed by atoms with Gasteiger partial charge in [-0.3, -0.25) is 4.98 Å². The second-order valence-corrected chi connectivity index (χ2v) is 4.50. The van der Waals surface area contributed by atoms with E-state index < -0.39 is 0 Å². The first-order valence-corrected chi connectivity index (χ1v) is 5.82. The van der Waals surface area contributed by atoms with Gasteiger partial charge in [-0.05, 0) is 32.9 Å². The van der Waals surface area contributed by atoms with Crippen molar-refractivity contribution in [3.8, 4) is 5.69 Å². The lowest BCUT2D eigenvalue weighted by Gasteiger charge is -2.07. The molecule has 0 spiro atoms. The van der Waals surface area contributed by atoms with Crippen molar-refractivity contribution in [1.82, 2.24) is 14.8 Å². The standard InChI is InChI=1S/C12H15ClN4/c1-7(14)11-5-4-10(6-15-11)17-9(3)12(13)8(2)16-17/h4-7H,14H2,1-3H3/t7-/m1/s1. The summed E-state index contributed by atoms with van der Waals surface area (Å²) < 4.78 is 1.79. The number of halogens is 1. The predicted molar refractivity (Wildman–Crippen MR) is 68.4 cm³/mol. The maximum absolute atomic E-state index is 6.11. The van der Waals surface area contributed by atoms with Crippen LogP contribution in [0.3, 0.4) is 0 Å². The Labute approximate surface area is 105 Å². The van der Waals surface area contributed by atoms with Gasteiger partial charge in [0.1, 0.15) is 0 Å². The lowest BCUT2D eigenvalue weighted by molar-refractivity contribution is 0.770. The molecule has 90 valence electrons. The summed E-state index contributed by atoms with van der Waals surface area (Å²) >= 11 is 6.11. The summed E-state index contributed by atoms with van der Waals surface area (Å²) in [6.07, 6.45) is 1.76. The van der Waals surface area contributed by atoms with E-state index in [0.717, 1.165) is 22.8 Å². The number of aryl methyl sites for hydroxylation is 1. The van der Waals surface area contributed by atoms with E-state index in [-0.39, 0.29) is 6.04 Å². The van der Waals surface area contributed by atoms with E-state index in [1.165, 1.54) is 0 Å². The van der Waals surface area contributed by atoms with Crippen LogP contribution in [-0.2, 0) is 0 Å². The third-order valence-corrected chi connectivity index (χ3v) is 3.23. The number of rotatable bonds is 2. The average molecular weight is 251 g/mol. The summed E-state index contributed by atoms with van der Waals surface area (Å²) in [7, 11) is 0. The molecule has 0 aromatic carbocycles. The largest absolute Gasteiger partial charge is 0.323 e. The number of pyridine rings is 1. The van der Waals surface area contributed by atoms with Crippen molar-refractivity contribution in [2.45, 2.75) is 26.8 Å². The van der Waals surface area contributed by atoms with Gasteiger partial charge in [-0.15, -0.1) is 0 Å². The molecule has 17 heavy (non-hydrogen) atoms. The molecular formula is C12H15ClN4. The molecule has 2 aromatic rings. The van der Waals surface area contributed by atoms with Crippen LogP contribution in [0.15, 0.2) is 18.3 Å². The van der Waals surface area contributed by atoms with Gasteiger partial charge in [0.05, 0.1) is 34.0 Å². The van der Waals surface area contributed by atoms with Gasteiger partial charge in [-0.25, -0.2) is 4.68 Å². The van der Waals surface area contributed by atoms with Crippen molar-refractivity contribution in [1.29, 1.82) is 0 Å². The van der Waals surface area contributed by atoms with Crippen LogP contribution in [0.4, 0.5) is 0 Å². The molecule has 0 amide bonds. The van der Waals surface area contributed by atoms with E-state index >= 15 is 0 Å². The fourth-order valence-corrected chi connectivity index (χ4v) is 1.79. The van der Waals surface area contributed by atoms with E-state index in [9.17, 15) is 0 Å². The monoisotopic (exact) mass is 250 g/mol. The van der Waals surface area contributed by atoms with Crippen molar-refractivity contribution < 1.29 is 0 Å². The maximum Gasteiger partial charge on any atom is 0.0848 e. The number of hydrogen-bond donors (Lipinski definition) is 1. The molecule has 0 aliphatic heterocycles. The Balaban J connectivity index is 2.43. The normalized spacial score (nSPS) is 12.8. The minimum absolute atomic E-state index is 0.0620. The predicted octanol–water partition coefficient (Wildman–Crippen LogP) is 2.56. The van der Waals surface area contributed by atoms with Crippen LogP contribution in [0, 0.1) is 13.8 Å². The van der Waals surface area contributed by atoms with E-state index in [1.54, 1.807) is 10.9 Å². The number of nitrogens with zero attached hydrogens (tertiary/aromatic N) is 3. The maximum atomic E-state index is 6.11. The summed E-state index contributed by atoms with van der Waals surface area (Å²) in [5.74, 6) is 0. The van der Waals surface area contributed by atoms with Gasteiger partial charge in [0.2, 0.25) is 0 Å². The van der Waals surface area contributed by atoms with Gasteiger partial charge in [0.15, 0.2) is 0 Å². The SMILES string of the molecule is Cc1nn(-c2ccc([C@@H](C)N)nc2)c(C)c1Cl. The Kier molecular flexibility index (Phi) is 3.17. The van der Waals surface area contributed by atoms with Crippen LogP contribution in [0.5, 0.6) is 0 Å². The number of hydrogen-bond acceptors (Lipinski definition) is 3. The van der Waals surface area contributed by atoms with Crippen molar-refractivity contribution in [2.24, 2.45) is 5.73 Å². The second kappa shape index (κ2) is 4.47. The zero-order valence-corrected chi connectivity index (χ0v) is 10.9. The van der Waals surface area contributed by atoms with E-state index in [0.29, 0.717) is 5.02 Å². The Morgan fingerprint density at radius 1 is 1.35 bits per heavy atom. The van der Waals surface area contributed by atoms with Crippen LogP contribution in [0.2, 0.25) is 5.02 Å². The zero-order valence-electron chi connectivity index (χ0n) is 10.1. The van der Waals surface area contributed by atoms with Gasteiger partial charge >= 0.3 is 0 Å². The van der Waals surface area contributed by atoms with Gasteiger partial charge in [-0.1, -0.05) is 11.6 Å². The molecule has 2 heterocycles. The zero-order chi connectivity index (χ0) is 12.6. The Hall–Kier alpha value is -1.39. The molecular weight excluding hydrogens is 236 g/mol. The Morgan fingerprint density at radius 3 is 2.47 bits per heavy atom. The number of nitrogens with two attached hydrogens (primary N) is 1. The molecule has 4 nitrogen and oxygen atoms in total. The highest BCUT2D eigenvalue weighted by atomic mass is 35.5. The van der Waals surface area contributed by atoms with Crippen molar-refractivity contribution in [2.75, 3.05) is 0 Å². The first-order valence-electron chi connectivity index (χ1n) is 5.44. The quantitative estimate of drug-likeness (QED) is 0.891. The molecule has 1 atom stereocenters. The molecule has 0 radical (unpaired) electrons. The fraction of sp³-hybridized carbons (Fsp3) is 0.333. The third kappa shape index (κ3) is 2.18. The highest BCUT2D eigenvalue weighted by molar-refractivity contribution is 6.31. The van der Waals surface area contributed by atoms with Crippen LogP contribution in [-0.4, -0.2) is 14.8 Å². The first-order chi connectivity index (χ1) is 8.00. The van der Waals surface area contributed by atoms with Gasteiger partial charge in [0, 0.05) is 6.04 Å². The lowest BCUT2D eigenvalue weighted by atomic mass is 10.2. The molecule has 0 saturated heterocycles. The molecule has 0 aliphatic carbocycles. The summed E-state index contributed by atoms with van der Waals surface area (Å²) in [4.78, 5) is 4.31. The van der Waals surface area contributed by atoms with Crippen LogP contribution >= 0.6 is 11.6 Å². The molecule has 0 unspecified atom stereocenters. The van der Waals surface area contributed by atoms with Crippen LogP contribution < -0.4 is 5.73 Å². The molecule has 0 aliphatic rings. The van der Waals surface area contributed by atoms with Crippen molar-refractivity contribution in [3.63, 3.8) is 0 Å². The minimum atomic E-state index is -0.0620. The van der Waals surface area contributed by atoms with Gasteiger partial charge < -0.3 is 5.73 Å². The second-order valence-electron chi connectivity index (χ2n) is 4.13. The van der Waals surface area contributed by atoms with E-state index in [2.05, 4.69) is 10.1 Å². The lowest BCUT2D eigenvalue weighted by Crippen LogP contribution is -2.08. The van der Waals surface area contributed by atoms with Crippen LogP contribution in [0.1, 0.15) is 30.0 Å². The summed E-state index contributed by atoms with van der Waals surface area (Å²) in [5.41, 5.74) is 9.24. The summed E-state index contributed by atoms with van der Waals surface area (Å²) in [6.45, 7) is 5.72. The van der Waals surface area contributed by atoms with Gasteiger partial charge in [-0.2, -0.15) is 5.10 Å². The van der Waals surface area contributed by atoms with Crippen LogP contribution in [0.25, 0.3) is 5.69 Å². The third-order valence-electron chi connectivity index (χ3n) is 2.68. The number of aromatic nitrogens is 3. The first kappa shape index (κ1) is 12.1. The van der Waals surface area contributed by atoms with E-state index in [4.69, 9.17) is 17.3 Å². The summed E-state index contributed by atoms with van der Waals surface area (Å²) in [5, 5.41) is 5.06. The molecule has 2 N–H and O–H groups in total. The van der Waals surface area contributed by atoms with E-state index in [1.807, 2.05) is 32.9 Å². The Morgan fingerprint density at radius 2 is 2.06 bits per heavy atom. The molecule has 0 saturated carbocycles. The highest BCUT2D eigenvalue weighted by Crippen LogP contribution is 2.22. The molecule has 0 fully saturated rings. The molecule has 2 aromatic heterocycles. The average Bonchev–Trinajstić information content (AvgIpc) is 2.57. The topological polar surface area (TPSA) is 56.7 Å². The Bertz CT molecular complexity index is 528. The smallest absolute Gasteiger partial charge is 0.0848 e. The van der Waals surface area contributed by atoms with Gasteiger partial charge in [0.25, 0.3) is 0 Å². The van der Waals surface area contributed by atoms with Crippen molar-refractivity contribution >= 4 is 11.6 Å². The summed E-state index contributed by atoms with van der Waals surface area (Å²) in [6, 6.07) is 3.79.